The fourth-order valence-electron chi connectivity index (χ4n) is 3.26. The Balaban J connectivity index is 1.76. The highest BCUT2D eigenvalue weighted by Gasteiger charge is 2.41. The van der Waals surface area contributed by atoms with E-state index in [-0.39, 0.29) is 11.8 Å². The molecule has 0 aliphatic carbocycles. The van der Waals surface area contributed by atoms with E-state index in [9.17, 15) is 9.59 Å². The van der Waals surface area contributed by atoms with Gasteiger partial charge in [-0.15, -0.1) is 0 Å². The molecule has 1 unspecified atom stereocenters. The van der Waals surface area contributed by atoms with E-state index in [1.807, 2.05) is 4.90 Å². The lowest BCUT2D eigenvalue weighted by atomic mass is 10.0. The predicted molar refractivity (Wildman–Crippen MR) is 99.3 cm³/mol. The molecule has 2 aliphatic heterocycles. The van der Waals surface area contributed by atoms with Gasteiger partial charge in [0, 0.05) is 17.8 Å². The number of carbonyl (C=O) groups is 2. The molecule has 1 aromatic rings. The van der Waals surface area contributed by atoms with Crippen molar-refractivity contribution in [2.45, 2.75) is 32.2 Å². The second-order valence-corrected chi connectivity index (χ2v) is 6.76. The van der Waals surface area contributed by atoms with Crippen LogP contribution < -0.4 is 4.74 Å². The molecule has 0 fully saturated rings. The molecular weight excluding hydrogens is 354 g/mol. The largest absolute Gasteiger partial charge is 0.494 e. The van der Waals surface area contributed by atoms with Crippen LogP contribution in [0.1, 0.15) is 36.5 Å². The van der Waals surface area contributed by atoms with Gasteiger partial charge in [0.15, 0.2) is 5.78 Å². The molecule has 0 saturated heterocycles. The summed E-state index contributed by atoms with van der Waals surface area (Å²) in [7, 11) is 1.35. The summed E-state index contributed by atoms with van der Waals surface area (Å²) in [5.41, 5.74) is 1.83. The van der Waals surface area contributed by atoms with Crippen LogP contribution in [0.3, 0.4) is 0 Å². The summed E-state index contributed by atoms with van der Waals surface area (Å²) in [5, 5.41) is 0.425. The van der Waals surface area contributed by atoms with Crippen molar-refractivity contribution in [2.75, 3.05) is 20.3 Å². The van der Waals surface area contributed by atoms with Gasteiger partial charge in [0.05, 0.1) is 24.3 Å². The average molecular weight is 376 g/mol. The smallest absolute Gasteiger partial charge is 0.335 e. The van der Waals surface area contributed by atoms with Crippen LogP contribution in [0.5, 0.6) is 5.75 Å². The normalized spacial score (nSPS) is 18.7. The highest BCUT2D eigenvalue weighted by molar-refractivity contribution is 6.33. The van der Waals surface area contributed by atoms with Crippen LogP contribution in [0.15, 0.2) is 46.6 Å². The number of Topliss-reactive ketones (excluding diaryl/α,β-unsaturated/α-hetero) is 1. The molecule has 2 heterocycles. The minimum absolute atomic E-state index is 0.0903. The summed E-state index contributed by atoms with van der Waals surface area (Å²) >= 11 is 6.34. The lowest BCUT2D eigenvalue weighted by Gasteiger charge is -2.23. The van der Waals surface area contributed by atoms with E-state index in [0.717, 1.165) is 18.6 Å². The first-order valence-electron chi connectivity index (χ1n) is 8.79. The van der Waals surface area contributed by atoms with E-state index < -0.39 is 6.04 Å². The molecule has 0 N–H and O–H groups in total. The van der Waals surface area contributed by atoms with Crippen molar-refractivity contribution in [2.24, 2.45) is 0 Å². The zero-order chi connectivity index (χ0) is 18.7. The number of nitrogens with zero attached hydrogens (tertiary/aromatic N) is 1. The van der Waals surface area contributed by atoms with E-state index in [1.54, 1.807) is 30.3 Å². The molecule has 0 spiro atoms. The van der Waals surface area contributed by atoms with Crippen molar-refractivity contribution >= 4 is 23.4 Å². The molecule has 0 amide bonds. The number of esters is 1. The SMILES string of the molecule is CCCCOc1ccc(C(=O)C2C(Cl)=CC3=C(C(=O)OC)CCN32)cc1. The van der Waals surface area contributed by atoms with Crippen LogP contribution in [0, 0.1) is 0 Å². The molecule has 6 heteroatoms. The van der Waals surface area contributed by atoms with E-state index >= 15 is 0 Å². The number of methoxy groups -OCH3 is 1. The Bertz CT molecular complexity index is 767. The van der Waals surface area contributed by atoms with Crippen LogP contribution in [0.4, 0.5) is 0 Å². The van der Waals surface area contributed by atoms with Gasteiger partial charge < -0.3 is 14.4 Å². The van der Waals surface area contributed by atoms with Crippen LogP contribution in [0.25, 0.3) is 0 Å². The lowest BCUT2D eigenvalue weighted by molar-refractivity contribution is -0.136. The van der Waals surface area contributed by atoms with E-state index in [1.165, 1.54) is 7.11 Å². The Morgan fingerprint density at radius 2 is 2.00 bits per heavy atom. The van der Waals surface area contributed by atoms with Gasteiger partial charge in [-0.2, -0.15) is 0 Å². The highest BCUT2D eigenvalue weighted by Crippen LogP contribution is 2.38. The third-order valence-electron chi connectivity index (χ3n) is 4.65. The van der Waals surface area contributed by atoms with Gasteiger partial charge in [0.2, 0.25) is 0 Å². The van der Waals surface area contributed by atoms with Crippen LogP contribution in [-0.4, -0.2) is 43.0 Å². The summed E-state index contributed by atoms with van der Waals surface area (Å²) < 4.78 is 10.4. The van der Waals surface area contributed by atoms with Crippen LogP contribution in [-0.2, 0) is 9.53 Å². The number of ether oxygens (including phenoxy) is 2. The monoisotopic (exact) mass is 375 g/mol. The Labute approximate surface area is 158 Å². The first kappa shape index (κ1) is 18.5. The van der Waals surface area contributed by atoms with Crippen LogP contribution >= 0.6 is 11.6 Å². The molecule has 1 atom stereocenters. The highest BCUT2D eigenvalue weighted by atomic mass is 35.5. The maximum atomic E-state index is 13.0. The van der Waals surface area contributed by atoms with Gasteiger partial charge in [-0.05, 0) is 43.2 Å². The number of halogens is 1. The van der Waals surface area contributed by atoms with Gasteiger partial charge in [-0.1, -0.05) is 24.9 Å². The molecule has 5 nitrogen and oxygen atoms in total. The number of benzene rings is 1. The second kappa shape index (κ2) is 7.96. The van der Waals surface area contributed by atoms with Gasteiger partial charge >= 0.3 is 5.97 Å². The molecular formula is C20H22ClNO4. The van der Waals surface area contributed by atoms with E-state index in [2.05, 4.69) is 6.92 Å². The maximum Gasteiger partial charge on any atom is 0.335 e. The van der Waals surface area contributed by atoms with Crippen molar-refractivity contribution in [1.29, 1.82) is 0 Å². The molecule has 3 rings (SSSR count). The number of fused-ring (bicyclic) bond motifs is 1. The zero-order valence-electron chi connectivity index (χ0n) is 15.0. The maximum absolute atomic E-state index is 13.0. The van der Waals surface area contributed by atoms with Crippen molar-refractivity contribution < 1.29 is 19.1 Å². The number of unbranched alkanes of at least 4 members (excludes halogenated alkanes) is 1. The third kappa shape index (κ3) is 3.49. The fourth-order valence-corrected chi connectivity index (χ4v) is 3.58. The van der Waals surface area contributed by atoms with Gasteiger partial charge in [-0.25, -0.2) is 4.79 Å². The number of hydrogen-bond donors (Lipinski definition) is 0. The Kier molecular flexibility index (Phi) is 5.67. The number of ketones is 1. The Morgan fingerprint density at radius 3 is 2.65 bits per heavy atom. The first-order chi connectivity index (χ1) is 12.6. The third-order valence-corrected chi connectivity index (χ3v) is 4.97. The minimum atomic E-state index is -0.583. The predicted octanol–water partition coefficient (Wildman–Crippen LogP) is 3.69. The van der Waals surface area contributed by atoms with E-state index in [0.29, 0.717) is 41.4 Å². The first-order valence-corrected chi connectivity index (χ1v) is 9.17. The summed E-state index contributed by atoms with van der Waals surface area (Å²) in [6.07, 6.45) is 4.32. The van der Waals surface area contributed by atoms with E-state index in [4.69, 9.17) is 21.1 Å². The zero-order valence-corrected chi connectivity index (χ0v) is 15.7. The molecule has 0 bridgehead atoms. The number of hydrogen-bond acceptors (Lipinski definition) is 5. The number of allylic oxidation sites excluding steroid dienone is 1. The van der Waals surface area contributed by atoms with Gasteiger partial charge in [0.1, 0.15) is 11.8 Å². The van der Waals surface area contributed by atoms with Crippen molar-refractivity contribution in [3.05, 3.63) is 52.2 Å². The van der Waals surface area contributed by atoms with Crippen molar-refractivity contribution in [3.8, 4) is 5.75 Å². The van der Waals surface area contributed by atoms with Gasteiger partial charge in [-0.3, -0.25) is 4.79 Å². The summed E-state index contributed by atoms with van der Waals surface area (Å²) in [5.74, 6) is 0.287. The Morgan fingerprint density at radius 1 is 1.27 bits per heavy atom. The summed E-state index contributed by atoms with van der Waals surface area (Å²) in [6.45, 7) is 3.34. The number of rotatable bonds is 7. The molecule has 0 aromatic heterocycles. The topological polar surface area (TPSA) is 55.8 Å². The summed E-state index contributed by atoms with van der Waals surface area (Å²) in [4.78, 5) is 26.7. The second-order valence-electron chi connectivity index (χ2n) is 6.32. The molecule has 0 radical (unpaired) electrons. The Hall–Kier alpha value is -2.27. The van der Waals surface area contributed by atoms with Crippen LogP contribution in [0.2, 0.25) is 0 Å². The molecule has 138 valence electrons. The molecule has 26 heavy (non-hydrogen) atoms. The molecule has 0 saturated carbocycles. The van der Waals surface area contributed by atoms with Gasteiger partial charge in [0.25, 0.3) is 0 Å². The quantitative estimate of drug-likeness (QED) is 0.413. The lowest BCUT2D eigenvalue weighted by Crippen LogP contribution is -2.35. The van der Waals surface area contributed by atoms with Crippen molar-refractivity contribution in [3.63, 3.8) is 0 Å². The average Bonchev–Trinajstić information content (AvgIpc) is 3.19. The molecule has 2 aliphatic rings. The summed E-state index contributed by atoms with van der Waals surface area (Å²) in [6, 6.07) is 6.53. The fraction of sp³-hybridized carbons (Fsp3) is 0.400. The number of carbonyl (C=O) groups excluding carboxylic acids is 2. The standard InChI is InChI=1S/C20H22ClNO4/c1-3-4-11-26-14-7-5-13(6-8-14)19(23)18-16(21)12-17-15(20(24)25-2)9-10-22(17)18/h5-8,12,18H,3-4,9-11H2,1-2H3. The molecule has 1 aromatic carbocycles. The minimum Gasteiger partial charge on any atom is -0.494 e. The van der Waals surface area contributed by atoms with Crippen molar-refractivity contribution in [1.82, 2.24) is 4.90 Å².